The molecule has 26 heavy (non-hydrogen) atoms. The fraction of sp³-hybridized carbons (Fsp3) is 0.125. The molecular weight excluding hydrogens is 348 g/mol. The number of hydrogen-bond donors (Lipinski definition) is 3. The maximum Gasteiger partial charge on any atom is 0.342 e. The van der Waals surface area contributed by atoms with Crippen LogP contribution in [0.4, 0.5) is 11.4 Å². The number of anilines is 1. The summed E-state index contributed by atoms with van der Waals surface area (Å²) in [6, 6.07) is 6.88. The second-order valence-electron chi connectivity index (χ2n) is 4.97. The van der Waals surface area contributed by atoms with E-state index < -0.39 is 29.2 Å². The molecule has 2 rings (SSSR count). The number of ether oxygens (including phenoxy) is 2. The van der Waals surface area contributed by atoms with Crippen LogP contribution in [0, 0.1) is 10.1 Å². The Bertz CT molecular complexity index is 865. The van der Waals surface area contributed by atoms with E-state index >= 15 is 0 Å². The molecule has 1 amide bonds. The van der Waals surface area contributed by atoms with E-state index in [9.17, 15) is 29.9 Å². The Labute approximate surface area is 146 Å². The van der Waals surface area contributed by atoms with Gasteiger partial charge in [-0.15, -0.1) is 0 Å². The molecule has 10 nitrogen and oxygen atoms in total. The van der Waals surface area contributed by atoms with Gasteiger partial charge in [-0.1, -0.05) is 0 Å². The molecular formula is C16H14N2O8. The Hall–Kier alpha value is -3.82. The molecule has 0 aromatic heterocycles. The lowest BCUT2D eigenvalue weighted by molar-refractivity contribution is -0.384. The van der Waals surface area contributed by atoms with Gasteiger partial charge in [0.05, 0.1) is 17.7 Å². The number of aromatic hydroxyl groups is 2. The normalized spacial score (nSPS) is 10.0. The van der Waals surface area contributed by atoms with Crippen LogP contribution in [0.5, 0.6) is 17.2 Å². The smallest absolute Gasteiger partial charge is 0.342 e. The molecule has 2 aromatic carbocycles. The summed E-state index contributed by atoms with van der Waals surface area (Å²) >= 11 is 0. The first kappa shape index (κ1) is 18.5. The highest BCUT2D eigenvalue weighted by Gasteiger charge is 2.17. The highest BCUT2D eigenvalue weighted by Crippen LogP contribution is 2.29. The van der Waals surface area contributed by atoms with Crippen molar-refractivity contribution in [2.24, 2.45) is 0 Å². The molecule has 3 N–H and O–H groups in total. The molecule has 0 atom stereocenters. The van der Waals surface area contributed by atoms with Crippen molar-refractivity contribution in [3.63, 3.8) is 0 Å². The number of nitrogens with zero attached hydrogens (tertiary/aromatic N) is 1. The average Bonchev–Trinajstić information content (AvgIpc) is 2.59. The Morgan fingerprint density at radius 1 is 1.19 bits per heavy atom. The monoisotopic (exact) mass is 362 g/mol. The third kappa shape index (κ3) is 4.38. The molecule has 0 aliphatic carbocycles. The minimum absolute atomic E-state index is 0.0372. The fourth-order valence-corrected chi connectivity index (χ4v) is 1.99. The Balaban J connectivity index is 2.03. The lowest BCUT2D eigenvalue weighted by atomic mass is 10.2. The molecule has 0 aliphatic heterocycles. The lowest BCUT2D eigenvalue weighted by Crippen LogP contribution is -2.21. The van der Waals surface area contributed by atoms with Crippen molar-refractivity contribution in [1.82, 2.24) is 0 Å². The van der Waals surface area contributed by atoms with Gasteiger partial charge in [-0.2, -0.15) is 0 Å². The molecule has 136 valence electrons. The quantitative estimate of drug-likeness (QED) is 0.400. The van der Waals surface area contributed by atoms with Crippen LogP contribution in [-0.4, -0.2) is 40.7 Å². The zero-order chi connectivity index (χ0) is 19.3. The highest BCUT2D eigenvalue weighted by atomic mass is 16.6. The van der Waals surface area contributed by atoms with E-state index in [4.69, 9.17) is 9.47 Å². The van der Waals surface area contributed by atoms with E-state index in [2.05, 4.69) is 5.32 Å². The Morgan fingerprint density at radius 2 is 1.92 bits per heavy atom. The van der Waals surface area contributed by atoms with Gasteiger partial charge in [0.25, 0.3) is 11.6 Å². The van der Waals surface area contributed by atoms with E-state index in [0.717, 1.165) is 18.2 Å². The van der Waals surface area contributed by atoms with Crippen molar-refractivity contribution in [2.45, 2.75) is 0 Å². The number of hydrogen-bond acceptors (Lipinski definition) is 8. The topological polar surface area (TPSA) is 148 Å². The Kier molecular flexibility index (Phi) is 5.58. The van der Waals surface area contributed by atoms with E-state index in [1.54, 1.807) is 0 Å². The van der Waals surface area contributed by atoms with Gasteiger partial charge in [-0.25, -0.2) is 4.79 Å². The number of methoxy groups -OCH3 is 1. The minimum atomic E-state index is -0.983. The summed E-state index contributed by atoms with van der Waals surface area (Å²) in [5, 5.41) is 31.9. The van der Waals surface area contributed by atoms with Crippen molar-refractivity contribution in [3.8, 4) is 17.2 Å². The van der Waals surface area contributed by atoms with Gasteiger partial charge in [0, 0.05) is 18.2 Å². The first-order chi connectivity index (χ1) is 12.3. The zero-order valence-electron chi connectivity index (χ0n) is 13.5. The van der Waals surface area contributed by atoms with Crippen LogP contribution in [0.15, 0.2) is 36.4 Å². The first-order valence-electron chi connectivity index (χ1n) is 7.13. The average molecular weight is 362 g/mol. The van der Waals surface area contributed by atoms with E-state index in [1.807, 2.05) is 0 Å². The number of non-ortho nitro benzene ring substituents is 1. The molecule has 0 heterocycles. The highest BCUT2D eigenvalue weighted by molar-refractivity contribution is 5.97. The maximum absolute atomic E-state index is 11.9. The predicted molar refractivity (Wildman–Crippen MR) is 88.3 cm³/mol. The number of nitro benzene ring substituents is 1. The van der Waals surface area contributed by atoms with Crippen molar-refractivity contribution < 1.29 is 34.2 Å². The minimum Gasteiger partial charge on any atom is -0.508 e. The van der Waals surface area contributed by atoms with Crippen LogP contribution < -0.4 is 10.1 Å². The van der Waals surface area contributed by atoms with Crippen LogP contribution in [0.1, 0.15) is 10.4 Å². The number of carbonyl (C=O) groups is 2. The SMILES string of the molecule is COc1ccc([N+](=O)[O-])cc1NC(=O)COC(=O)c1ccc(O)cc1O. The predicted octanol–water partition coefficient (Wildman–Crippen LogP) is 1.81. The summed E-state index contributed by atoms with van der Waals surface area (Å²) in [5.74, 6) is -2.31. The maximum atomic E-state index is 11.9. The number of nitro groups is 1. The number of carbonyl (C=O) groups excluding carboxylic acids is 2. The van der Waals surface area contributed by atoms with E-state index in [-0.39, 0.29) is 28.4 Å². The van der Waals surface area contributed by atoms with Gasteiger partial charge < -0.3 is 25.0 Å². The summed E-state index contributed by atoms with van der Waals surface area (Å²) in [6.07, 6.45) is 0. The molecule has 2 aromatic rings. The molecule has 0 saturated heterocycles. The lowest BCUT2D eigenvalue weighted by Gasteiger charge is -2.10. The second kappa shape index (κ2) is 7.83. The number of amides is 1. The third-order valence-corrected chi connectivity index (χ3v) is 3.20. The summed E-state index contributed by atoms with van der Waals surface area (Å²) in [4.78, 5) is 33.9. The van der Waals surface area contributed by atoms with Crippen LogP contribution in [0.25, 0.3) is 0 Å². The summed E-state index contributed by atoms with van der Waals surface area (Å²) in [5.41, 5.74) is -0.453. The van der Waals surface area contributed by atoms with Crippen molar-refractivity contribution in [1.29, 1.82) is 0 Å². The summed E-state index contributed by atoms with van der Waals surface area (Å²) in [7, 11) is 1.32. The third-order valence-electron chi connectivity index (χ3n) is 3.20. The molecule has 0 radical (unpaired) electrons. The van der Waals surface area contributed by atoms with E-state index in [0.29, 0.717) is 0 Å². The molecule has 0 unspecified atom stereocenters. The van der Waals surface area contributed by atoms with Gasteiger partial charge >= 0.3 is 5.97 Å². The van der Waals surface area contributed by atoms with Crippen LogP contribution in [0.2, 0.25) is 0 Å². The number of benzene rings is 2. The van der Waals surface area contributed by atoms with E-state index in [1.165, 1.54) is 25.3 Å². The number of esters is 1. The molecule has 0 bridgehead atoms. The van der Waals surface area contributed by atoms with Crippen molar-refractivity contribution in [3.05, 3.63) is 52.1 Å². The van der Waals surface area contributed by atoms with Gasteiger partial charge in [0.1, 0.15) is 22.8 Å². The summed E-state index contributed by atoms with van der Waals surface area (Å²) < 4.78 is 9.77. The second-order valence-corrected chi connectivity index (χ2v) is 4.97. The largest absolute Gasteiger partial charge is 0.508 e. The van der Waals surface area contributed by atoms with Gasteiger partial charge in [0.15, 0.2) is 6.61 Å². The zero-order valence-corrected chi connectivity index (χ0v) is 13.5. The number of phenolic OH excluding ortho intramolecular Hbond substituents is 2. The molecule has 0 fully saturated rings. The van der Waals surface area contributed by atoms with Gasteiger partial charge in [-0.05, 0) is 18.2 Å². The fourth-order valence-electron chi connectivity index (χ4n) is 1.99. The van der Waals surface area contributed by atoms with Crippen LogP contribution in [0.3, 0.4) is 0 Å². The first-order valence-corrected chi connectivity index (χ1v) is 7.13. The van der Waals surface area contributed by atoms with Crippen molar-refractivity contribution in [2.75, 3.05) is 19.0 Å². The van der Waals surface area contributed by atoms with Crippen LogP contribution >= 0.6 is 0 Å². The van der Waals surface area contributed by atoms with Gasteiger partial charge in [0.2, 0.25) is 0 Å². The standard InChI is InChI=1S/C16H14N2O8/c1-25-14-5-2-9(18(23)24)6-12(14)17-15(21)8-26-16(22)11-4-3-10(19)7-13(11)20/h2-7,19-20H,8H2,1H3,(H,17,21). The molecule has 10 heteroatoms. The molecule has 0 aliphatic rings. The molecule has 0 saturated carbocycles. The number of phenols is 2. The summed E-state index contributed by atoms with van der Waals surface area (Å²) in [6.45, 7) is -0.703. The number of nitrogens with one attached hydrogen (secondary N) is 1. The van der Waals surface area contributed by atoms with Crippen LogP contribution in [-0.2, 0) is 9.53 Å². The Morgan fingerprint density at radius 3 is 2.54 bits per heavy atom. The van der Waals surface area contributed by atoms with Gasteiger partial charge in [-0.3, -0.25) is 14.9 Å². The van der Waals surface area contributed by atoms with Crippen molar-refractivity contribution >= 4 is 23.3 Å². The molecule has 0 spiro atoms. The number of rotatable bonds is 6.